The van der Waals surface area contributed by atoms with Crippen LogP contribution in [0.5, 0.6) is 5.75 Å². The molecule has 1 amide bonds. The number of benzene rings is 2. The predicted octanol–water partition coefficient (Wildman–Crippen LogP) is 4.43. The number of aryl methyl sites for hydroxylation is 2. The fraction of sp³-hybridized carbons (Fsp3) is 0.391. The maximum atomic E-state index is 13.2. The number of rotatable bonds is 5. The summed E-state index contributed by atoms with van der Waals surface area (Å²) < 4.78 is 7.04. The lowest BCUT2D eigenvalue weighted by atomic mass is 9.77. The Morgan fingerprint density at radius 1 is 1.21 bits per heavy atom. The van der Waals surface area contributed by atoms with Gasteiger partial charge >= 0.3 is 5.97 Å². The number of carboxylic acids is 1. The van der Waals surface area contributed by atoms with Crippen molar-refractivity contribution in [3.05, 3.63) is 63.1 Å². The molecular weight excluding hydrogens is 434 g/mol. The largest absolute Gasteiger partial charge is 0.489 e. The number of hydrogen-bond acceptors (Lipinski definition) is 3. The summed E-state index contributed by atoms with van der Waals surface area (Å²) in [6, 6.07) is 11.3. The van der Waals surface area contributed by atoms with Crippen molar-refractivity contribution < 1.29 is 19.4 Å². The van der Waals surface area contributed by atoms with Crippen LogP contribution in [0, 0.1) is 6.92 Å². The van der Waals surface area contributed by atoms with Gasteiger partial charge in [-0.3, -0.25) is 4.79 Å². The highest BCUT2D eigenvalue weighted by Gasteiger charge is 2.43. The van der Waals surface area contributed by atoms with Gasteiger partial charge in [0.15, 0.2) is 0 Å². The van der Waals surface area contributed by atoms with Crippen LogP contribution in [-0.4, -0.2) is 28.6 Å². The second-order valence-corrected chi connectivity index (χ2v) is 8.97. The Morgan fingerprint density at radius 3 is 2.69 bits per heavy atom. The first-order valence-corrected chi connectivity index (χ1v) is 10.8. The molecule has 0 spiro atoms. The monoisotopic (exact) mass is 457 g/mol. The summed E-state index contributed by atoms with van der Waals surface area (Å²) in [4.78, 5) is 25.4. The fourth-order valence-electron chi connectivity index (χ4n) is 4.03. The molecule has 2 aromatic carbocycles. The topological polar surface area (TPSA) is 75.6 Å². The fourth-order valence-corrected chi connectivity index (χ4v) is 4.44. The third-order valence-electron chi connectivity index (χ3n) is 6.04. The van der Waals surface area contributed by atoms with Gasteiger partial charge in [-0.15, -0.1) is 0 Å². The zero-order chi connectivity index (χ0) is 20.6. The van der Waals surface area contributed by atoms with Crippen molar-refractivity contribution in [3.63, 3.8) is 0 Å². The molecule has 0 heterocycles. The summed E-state index contributed by atoms with van der Waals surface area (Å²) in [6.45, 7) is 1.91. The Kier molecular flexibility index (Phi) is 5.38. The molecule has 5 nitrogen and oxygen atoms in total. The maximum absolute atomic E-state index is 13.2. The van der Waals surface area contributed by atoms with E-state index in [9.17, 15) is 14.7 Å². The Labute approximate surface area is 178 Å². The smallest absolute Gasteiger partial charge is 0.329 e. The van der Waals surface area contributed by atoms with E-state index in [1.807, 2.05) is 31.2 Å². The van der Waals surface area contributed by atoms with E-state index < -0.39 is 17.4 Å². The third-order valence-corrected chi connectivity index (χ3v) is 6.53. The highest BCUT2D eigenvalue weighted by atomic mass is 79.9. The molecule has 2 aromatic rings. The van der Waals surface area contributed by atoms with E-state index in [1.165, 1.54) is 0 Å². The second-order valence-electron chi connectivity index (χ2n) is 8.05. The lowest BCUT2D eigenvalue weighted by molar-refractivity contribution is -0.145. The normalized spacial score (nSPS) is 21.0. The van der Waals surface area contributed by atoms with E-state index in [0.29, 0.717) is 24.2 Å². The average Bonchev–Trinajstić information content (AvgIpc) is 2.65. The van der Waals surface area contributed by atoms with Crippen LogP contribution in [0.15, 0.2) is 40.9 Å². The Balaban J connectivity index is 1.61. The molecule has 4 rings (SSSR count). The zero-order valence-electron chi connectivity index (χ0n) is 16.3. The van der Waals surface area contributed by atoms with Crippen molar-refractivity contribution in [1.29, 1.82) is 0 Å². The number of halogens is 1. The minimum absolute atomic E-state index is 0.135. The summed E-state index contributed by atoms with van der Waals surface area (Å²) in [5.74, 6) is -0.838. The van der Waals surface area contributed by atoms with Gasteiger partial charge in [0.25, 0.3) is 5.91 Å². The van der Waals surface area contributed by atoms with Gasteiger partial charge in [-0.25, -0.2) is 4.79 Å². The molecule has 1 unspecified atom stereocenters. The second kappa shape index (κ2) is 7.82. The number of aliphatic carboxylic acids is 1. The molecule has 0 saturated heterocycles. The van der Waals surface area contributed by atoms with Gasteiger partial charge in [0, 0.05) is 10.9 Å². The SMILES string of the molecule is Cc1cccc(C(=O)NC2(C(=O)O)CCc3cc(Br)ccc3C2)c1OC1CCC1. The van der Waals surface area contributed by atoms with Crippen molar-refractivity contribution in [1.82, 2.24) is 5.32 Å². The summed E-state index contributed by atoms with van der Waals surface area (Å²) >= 11 is 3.46. The minimum atomic E-state index is -1.32. The van der Waals surface area contributed by atoms with Gasteiger partial charge in [0.05, 0.1) is 11.7 Å². The Morgan fingerprint density at radius 2 is 2.00 bits per heavy atom. The van der Waals surface area contributed by atoms with Crippen LogP contribution in [0.2, 0.25) is 0 Å². The minimum Gasteiger partial charge on any atom is -0.489 e. The number of carboxylic acid groups (broad SMARTS) is 1. The van der Waals surface area contributed by atoms with Crippen LogP contribution in [0.3, 0.4) is 0 Å². The number of fused-ring (bicyclic) bond motifs is 1. The molecular formula is C23H24BrNO4. The molecule has 0 aliphatic heterocycles. The van der Waals surface area contributed by atoms with Crippen molar-refractivity contribution in [2.75, 3.05) is 0 Å². The van der Waals surface area contributed by atoms with Gasteiger partial charge in [-0.2, -0.15) is 0 Å². The Hall–Kier alpha value is -2.34. The third kappa shape index (κ3) is 3.90. The van der Waals surface area contributed by atoms with E-state index in [0.717, 1.165) is 40.4 Å². The first-order chi connectivity index (χ1) is 13.9. The molecule has 6 heteroatoms. The van der Waals surface area contributed by atoms with E-state index in [4.69, 9.17) is 4.74 Å². The molecule has 2 aliphatic carbocycles. The summed E-state index contributed by atoms with van der Waals surface area (Å²) in [5.41, 5.74) is 2.04. The van der Waals surface area contributed by atoms with E-state index >= 15 is 0 Å². The standard InChI is InChI=1S/C23H24BrNO4/c1-14-4-2-7-19(20(14)29-18-5-3-6-18)21(26)25-23(22(27)28)11-10-15-12-17(24)9-8-16(15)13-23/h2,4,7-9,12,18H,3,5-6,10-11,13H2,1H3,(H,25,26)(H,27,28). The number of carbonyl (C=O) groups excluding carboxylic acids is 1. The van der Waals surface area contributed by atoms with Crippen molar-refractivity contribution >= 4 is 27.8 Å². The highest BCUT2D eigenvalue weighted by Crippen LogP contribution is 2.34. The molecule has 29 heavy (non-hydrogen) atoms. The Bertz CT molecular complexity index is 969. The van der Waals surface area contributed by atoms with Gasteiger partial charge < -0.3 is 15.2 Å². The van der Waals surface area contributed by atoms with E-state index in [2.05, 4.69) is 21.2 Å². The van der Waals surface area contributed by atoms with Crippen molar-refractivity contribution in [3.8, 4) is 5.75 Å². The summed E-state index contributed by atoms with van der Waals surface area (Å²) in [6.07, 6.45) is 4.46. The lowest BCUT2D eigenvalue weighted by Gasteiger charge is -2.36. The van der Waals surface area contributed by atoms with Gasteiger partial charge in [-0.05, 0) is 73.9 Å². The van der Waals surface area contributed by atoms with Crippen LogP contribution < -0.4 is 10.1 Å². The van der Waals surface area contributed by atoms with Gasteiger partial charge in [0.2, 0.25) is 0 Å². The summed E-state index contributed by atoms with van der Waals surface area (Å²) in [7, 11) is 0. The zero-order valence-corrected chi connectivity index (χ0v) is 17.9. The lowest BCUT2D eigenvalue weighted by Crippen LogP contribution is -2.57. The highest BCUT2D eigenvalue weighted by molar-refractivity contribution is 9.10. The first kappa shape index (κ1) is 20.0. The summed E-state index contributed by atoms with van der Waals surface area (Å²) in [5, 5.41) is 12.9. The number of ether oxygens (including phenoxy) is 1. The average molecular weight is 458 g/mol. The van der Waals surface area contributed by atoms with Crippen LogP contribution in [0.1, 0.15) is 52.7 Å². The first-order valence-electron chi connectivity index (χ1n) is 9.97. The van der Waals surface area contributed by atoms with Gasteiger partial charge in [-0.1, -0.05) is 34.1 Å². The molecule has 0 radical (unpaired) electrons. The molecule has 1 fully saturated rings. The molecule has 2 N–H and O–H groups in total. The number of amides is 1. The molecule has 1 saturated carbocycles. The van der Waals surface area contributed by atoms with Crippen LogP contribution in [0.4, 0.5) is 0 Å². The number of carbonyl (C=O) groups is 2. The number of para-hydroxylation sites is 1. The van der Waals surface area contributed by atoms with Gasteiger partial charge in [0.1, 0.15) is 11.3 Å². The van der Waals surface area contributed by atoms with E-state index in [-0.39, 0.29) is 12.5 Å². The predicted molar refractivity (Wildman–Crippen MR) is 113 cm³/mol. The molecule has 0 aromatic heterocycles. The van der Waals surface area contributed by atoms with Crippen molar-refractivity contribution in [2.45, 2.75) is 57.1 Å². The van der Waals surface area contributed by atoms with Crippen LogP contribution in [-0.2, 0) is 17.6 Å². The quantitative estimate of drug-likeness (QED) is 0.695. The molecule has 1 atom stereocenters. The van der Waals surface area contributed by atoms with Crippen LogP contribution in [0.25, 0.3) is 0 Å². The molecule has 2 aliphatic rings. The molecule has 0 bridgehead atoms. The van der Waals surface area contributed by atoms with Crippen LogP contribution >= 0.6 is 15.9 Å². The maximum Gasteiger partial charge on any atom is 0.329 e. The number of hydrogen-bond donors (Lipinski definition) is 2. The van der Waals surface area contributed by atoms with E-state index in [1.54, 1.807) is 12.1 Å². The number of nitrogens with one attached hydrogen (secondary N) is 1. The molecule has 152 valence electrons. The van der Waals surface area contributed by atoms with Crippen molar-refractivity contribution in [2.24, 2.45) is 0 Å².